The zero-order valence-electron chi connectivity index (χ0n) is 14.2. The maximum Gasteiger partial charge on any atom is 0.265 e. The summed E-state index contributed by atoms with van der Waals surface area (Å²) >= 11 is 0. The Labute approximate surface area is 141 Å². The van der Waals surface area contributed by atoms with E-state index in [4.69, 9.17) is 0 Å². The van der Waals surface area contributed by atoms with Crippen LogP contribution < -0.4 is 5.56 Å². The summed E-state index contributed by atoms with van der Waals surface area (Å²) in [5, 5.41) is 5.05. The van der Waals surface area contributed by atoms with E-state index < -0.39 is 0 Å². The molecule has 4 rings (SSSR count). The van der Waals surface area contributed by atoms with Crippen LogP contribution >= 0.6 is 0 Å². The third-order valence-corrected chi connectivity index (χ3v) is 5.21. The maximum atomic E-state index is 12.7. The molecule has 0 N–H and O–H groups in total. The first kappa shape index (κ1) is 15.8. The Bertz CT molecular complexity index is 739. The molecule has 0 amide bonds. The van der Waals surface area contributed by atoms with Gasteiger partial charge in [0, 0.05) is 0 Å². The number of piperidine rings is 2. The van der Waals surface area contributed by atoms with E-state index in [0.29, 0.717) is 17.7 Å². The molecular weight excluding hydrogens is 304 g/mol. The van der Waals surface area contributed by atoms with Crippen LogP contribution in [0, 0.1) is 0 Å². The highest BCUT2D eigenvalue weighted by Gasteiger charge is 2.16. The number of nitrogens with zero attached hydrogens (tertiary/aromatic N) is 6. The summed E-state index contributed by atoms with van der Waals surface area (Å²) in [5.41, 5.74) is 0.732. The van der Waals surface area contributed by atoms with Crippen LogP contribution in [0.2, 0.25) is 0 Å². The van der Waals surface area contributed by atoms with Gasteiger partial charge >= 0.3 is 0 Å². The predicted molar refractivity (Wildman–Crippen MR) is 92.6 cm³/mol. The van der Waals surface area contributed by atoms with Gasteiger partial charge in [-0.05, 0) is 51.9 Å². The Morgan fingerprint density at radius 2 is 1.50 bits per heavy atom. The predicted octanol–water partition coefficient (Wildman–Crippen LogP) is 1.48. The molecule has 2 fully saturated rings. The van der Waals surface area contributed by atoms with Gasteiger partial charge in [-0.15, -0.1) is 0 Å². The van der Waals surface area contributed by atoms with Crippen LogP contribution in [0.15, 0.2) is 17.3 Å². The Hall–Kier alpha value is -1.73. The number of likely N-dealkylation sites (tertiary alicyclic amines) is 2. The van der Waals surface area contributed by atoms with E-state index in [1.54, 1.807) is 17.1 Å². The van der Waals surface area contributed by atoms with Crippen molar-refractivity contribution in [3.63, 3.8) is 0 Å². The maximum absolute atomic E-state index is 12.7. The summed E-state index contributed by atoms with van der Waals surface area (Å²) < 4.78 is 3.59. The lowest BCUT2D eigenvalue weighted by Crippen LogP contribution is -2.36. The minimum absolute atomic E-state index is 0.0236. The first-order chi connectivity index (χ1) is 11.8. The lowest BCUT2D eigenvalue weighted by Gasteiger charge is -2.27. The Kier molecular flexibility index (Phi) is 4.62. The molecule has 0 bridgehead atoms. The summed E-state index contributed by atoms with van der Waals surface area (Å²) in [6.45, 7) is 5.71. The van der Waals surface area contributed by atoms with Crippen molar-refractivity contribution in [2.45, 2.75) is 51.9 Å². The van der Waals surface area contributed by atoms with Crippen LogP contribution in [-0.4, -0.2) is 55.3 Å². The zero-order valence-corrected chi connectivity index (χ0v) is 14.2. The molecule has 0 unspecified atom stereocenters. The normalized spacial score (nSPS) is 20.7. The summed E-state index contributed by atoms with van der Waals surface area (Å²) in [7, 11) is 0. The van der Waals surface area contributed by atoms with Crippen molar-refractivity contribution in [3.05, 3.63) is 22.9 Å². The van der Waals surface area contributed by atoms with Crippen LogP contribution in [0.3, 0.4) is 0 Å². The summed E-state index contributed by atoms with van der Waals surface area (Å²) in [4.78, 5) is 22.0. The van der Waals surface area contributed by atoms with Crippen molar-refractivity contribution in [2.24, 2.45) is 0 Å². The third kappa shape index (κ3) is 3.23. The lowest BCUT2D eigenvalue weighted by molar-refractivity contribution is 0.175. The zero-order chi connectivity index (χ0) is 16.4. The number of aromatic nitrogens is 4. The van der Waals surface area contributed by atoms with Gasteiger partial charge in [-0.1, -0.05) is 12.8 Å². The van der Waals surface area contributed by atoms with Gasteiger partial charge < -0.3 is 0 Å². The first-order valence-electron chi connectivity index (χ1n) is 9.17. The van der Waals surface area contributed by atoms with Gasteiger partial charge in [0.25, 0.3) is 5.56 Å². The molecule has 7 heteroatoms. The molecule has 2 aliphatic heterocycles. The molecule has 7 nitrogen and oxygen atoms in total. The monoisotopic (exact) mass is 330 g/mol. The van der Waals surface area contributed by atoms with Gasteiger partial charge in [-0.2, -0.15) is 5.10 Å². The van der Waals surface area contributed by atoms with Gasteiger partial charge in [0.05, 0.1) is 19.5 Å². The van der Waals surface area contributed by atoms with Crippen LogP contribution in [0.4, 0.5) is 0 Å². The number of hydrogen-bond donors (Lipinski definition) is 0. The molecule has 0 saturated carbocycles. The molecule has 4 heterocycles. The van der Waals surface area contributed by atoms with E-state index in [1.807, 2.05) is 4.68 Å². The third-order valence-electron chi connectivity index (χ3n) is 5.21. The molecule has 2 aliphatic rings. The Morgan fingerprint density at radius 1 is 0.875 bits per heavy atom. The second-order valence-corrected chi connectivity index (χ2v) is 7.04. The van der Waals surface area contributed by atoms with Gasteiger partial charge in [0.15, 0.2) is 5.65 Å². The Balaban J connectivity index is 1.54. The molecule has 0 spiro atoms. The fraction of sp³-hybridized carbons (Fsp3) is 0.706. The standard InChI is InChI=1S/C17H26N6O/c24-17-15-11-19-23(14-21-9-5-2-6-10-21)16(15)18-12-22(17)13-20-7-3-1-4-8-20/h11-12H,1-10,13-14H2. The van der Waals surface area contributed by atoms with E-state index >= 15 is 0 Å². The van der Waals surface area contributed by atoms with Crippen molar-refractivity contribution in [1.29, 1.82) is 0 Å². The quantitative estimate of drug-likeness (QED) is 0.850. The van der Waals surface area contributed by atoms with E-state index in [-0.39, 0.29) is 5.56 Å². The van der Waals surface area contributed by atoms with Crippen LogP contribution in [0.5, 0.6) is 0 Å². The van der Waals surface area contributed by atoms with Crippen LogP contribution in [0.25, 0.3) is 11.0 Å². The molecule has 2 aromatic heterocycles. The van der Waals surface area contributed by atoms with Crippen molar-refractivity contribution < 1.29 is 0 Å². The van der Waals surface area contributed by atoms with Gasteiger partial charge in [-0.25, -0.2) is 9.67 Å². The minimum atomic E-state index is 0.0236. The largest absolute Gasteiger partial charge is 0.286 e. The fourth-order valence-electron chi connectivity index (χ4n) is 3.81. The SMILES string of the molecule is O=c1c2cnn(CN3CCCCC3)c2ncn1CN1CCCCC1. The minimum Gasteiger partial charge on any atom is -0.286 e. The molecule has 2 saturated heterocycles. The molecule has 0 atom stereocenters. The molecule has 2 aromatic rings. The van der Waals surface area contributed by atoms with Crippen molar-refractivity contribution in [3.8, 4) is 0 Å². The summed E-state index contributed by atoms with van der Waals surface area (Å²) in [5.74, 6) is 0. The van der Waals surface area contributed by atoms with E-state index in [1.165, 1.54) is 38.5 Å². The molecule has 0 radical (unpaired) electrons. The van der Waals surface area contributed by atoms with Crippen molar-refractivity contribution >= 4 is 11.0 Å². The highest BCUT2D eigenvalue weighted by molar-refractivity contribution is 5.72. The molecule has 0 aliphatic carbocycles. The average molecular weight is 330 g/mol. The smallest absolute Gasteiger partial charge is 0.265 e. The second-order valence-electron chi connectivity index (χ2n) is 7.04. The fourth-order valence-corrected chi connectivity index (χ4v) is 3.81. The summed E-state index contributed by atoms with van der Waals surface area (Å²) in [6, 6.07) is 0. The van der Waals surface area contributed by atoms with Gasteiger partial charge in [0.2, 0.25) is 0 Å². The van der Waals surface area contributed by atoms with E-state index in [2.05, 4.69) is 19.9 Å². The topological polar surface area (TPSA) is 59.2 Å². The van der Waals surface area contributed by atoms with Gasteiger partial charge in [-0.3, -0.25) is 19.2 Å². The number of hydrogen-bond acceptors (Lipinski definition) is 5. The van der Waals surface area contributed by atoms with Crippen molar-refractivity contribution in [2.75, 3.05) is 26.2 Å². The molecule has 130 valence electrons. The van der Waals surface area contributed by atoms with Crippen LogP contribution in [0.1, 0.15) is 38.5 Å². The number of rotatable bonds is 4. The molecule has 24 heavy (non-hydrogen) atoms. The first-order valence-corrected chi connectivity index (χ1v) is 9.17. The average Bonchev–Trinajstić information content (AvgIpc) is 3.03. The Morgan fingerprint density at radius 3 is 2.17 bits per heavy atom. The second kappa shape index (κ2) is 7.03. The van der Waals surface area contributed by atoms with Crippen LogP contribution in [-0.2, 0) is 13.3 Å². The molecule has 0 aromatic carbocycles. The van der Waals surface area contributed by atoms with Crippen molar-refractivity contribution in [1.82, 2.24) is 29.1 Å². The highest BCUT2D eigenvalue weighted by Crippen LogP contribution is 2.13. The highest BCUT2D eigenvalue weighted by atomic mass is 16.1. The summed E-state index contributed by atoms with van der Waals surface area (Å²) in [6.07, 6.45) is 10.9. The van der Waals surface area contributed by atoms with E-state index in [9.17, 15) is 4.79 Å². The number of fused-ring (bicyclic) bond motifs is 1. The molecular formula is C17H26N6O. The lowest BCUT2D eigenvalue weighted by atomic mass is 10.1. The van der Waals surface area contributed by atoms with Gasteiger partial charge in [0.1, 0.15) is 11.7 Å². The van der Waals surface area contributed by atoms with E-state index in [0.717, 1.165) is 32.8 Å².